The number of thiazole rings is 1. The van der Waals surface area contributed by atoms with Crippen LogP contribution in [0.25, 0.3) is 26.7 Å². The van der Waals surface area contributed by atoms with Crippen LogP contribution in [0.2, 0.25) is 0 Å². The van der Waals surface area contributed by atoms with Gasteiger partial charge in [-0.1, -0.05) is 60.7 Å². The van der Waals surface area contributed by atoms with Gasteiger partial charge in [-0.2, -0.15) is 4.40 Å². The van der Waals surface area contributed by atoms with Gasteiger partial charge in [-0.05, 0) is 21.9 Å². The molecule has 2 nitrogen and oxygen atoms in total. The number of hydrogen-bond donors (Lipinski definition) is 0. The molecule has 0 aliphatic heterocycles. The van der Waals surface area contributed by atoms with Crippen LogP contribution in [0, 0.1) is 0 Å². The van der Waals surface area contributed by atoms with Crippen molar-refractivity contribution in [3.8, 4) is 21.7 Å². The van der Waals surface area contributed by atoms with Crippen molar-refractivity contribution < 1.29 is 4.40 Å². The van der Waals surface area contributed by atoms with Crippen molar-refractivity contribution in [2.24, 2.45) is 0 Å². The average molecular weight is 289 g/mol. The van der Waals surface area contributed by atoms with E-state index in [4.69, 9.17) is 0 Å². The molecule has 0 atom stereocenters. The highest BCUT2D eigenvalue weighted by Gasteiger charge is 2.21. The average Bonchev–Trinajstić information content (AvgIpc) is 2.96. The summed E-state index contributed by atoms with van der Waals surface area (Å²) >= 11 is 1.72. The molecule has 2 heterocycles. The van der Waals surface area contributed by atoms with E-state index < -0.39 is 0 Å². The van der Waals surface area contributed by atoms with Crippen LogP contribution in [0.5, 0.6) is 0 Å². The van der Waals surface area contributed by atoms with E-state index in [2.05, 4.69) is 64.1 Å². The van der Waals surface area contributed by atoms with Crippen LogP contribution in [0.1, 0.15) is 0 Å². The Balaban J connectivity index is 2.07. The van der Waals surface area contributed by atoms with Crippen molar-refractivity contribution in [2.75, 3.05) is 0 Å². The molecule has 0 aliphatic carbocycles. The summed E-state index contributed by atoms with van der Waals surface area (Å²) in [6.07, 6.45) is 3.92. The highest BCUT2D eigenvalue weighted by Crippen LogP contribution is 2.34. The van der Waals surface area contributed by atoms with Crippen molar-refractivity contribution >= 4 is 16.3 Å². The molecular formula is C18H13N2S+. The minimum absolute atomic E-state index is 1.01. The molecule has 0 unspecified atom stereocenters. The Morgan fingerprint density at radius 1 is 0.762 bits per heavy atom. The van der Waals surface area contributed by atoms with E-state index in [0.29, 0.717) is 0 Å². The van der Waals surface area contributed by atoms with E-state index in [1.807, 2.05) is 24.4 Å². The molecule has 4 rings (SSSR count). The molecule has 0 saturated carbocycles. The lowest BCUT2D eigenvalue weighted by atomic mass is 10.1. The summed E-state index contributed by atoms with van der Waals surface area (Å²) < 4.78 is 2.17. The van der Waals surface area contributed by atoms with E-state index in [0.717, 1.165) is 4.96 Å². The molecule has 4 aromatic rings. The van der Waals surface area contributed by atoms with E-state index >= 15 is 0 Å². The molecule has 0 fully saturated rings. The van der Waals surface area contributed by atoms with Gasteiger partial charge in [0.1, 0.15) is 12.4 Å². The van der Waals surface area contributed by atoms with Crippen LogP contribution in [-0.4, -0.2) is 4.98 Å². The third-order valence-corrected chi connectivity index (χ3v) is 4.56. The van der Waals surface area contributed by atoms with Gasteiger partial charge in [0.15, 0.2) is 5.69 Å². The van der Waals surface area contributed by atoms with Crippen molar-refractivity contribution in [3.05, 3.63) is 79.1 Å². The maximum absolute atomic E-state index is 4.50. The van der Waals surface area contributed by atoms with Gasteiger partial charge in [0.25, 0.3) is 0 Å². The van der Waals surface area contributed by atoms with Gasteiger partial charge in [0, 0.05) is 11.6 Å². The highest BCUT2D eigenvalue weighted by molar-refractivity contribution is 7.20. The van der Waals surface area contributed by atoms with Gasteiger partial charge < -0.3 is 0 Å². The standard InChI is InChI=1S/C18H13N2S/c1-3-8-14(9-4-1)16-17(15-10-5-2-6-11-15)21-18-19-12-7-13-20(16)18/h1-13H/q+1. The van der Waals surface area contributed by atoms with E-state index in [1.165, 1.54) is 21.7 Å². The number of fused-ring (bicyclic) bond motifs is 1. The van der Waals surface area contributed by atoms with Crippen molar-refractivity contribution in [1.29, 1.82) is 0 Å². The van der Waals surface area contributed by atoms with E-state index in [9.17, 15) is 0 Å². The first-order chi connectivity index (χ1) is 10.4. The lowest BCUT2D eigenvalue weighted by Gasteiger charge is -2.01. The summed E-state index contributed by atoms with van der Waals surface area (Å²) in [7, 11) is 0. The predicted molar refractivity (Wildman–Crippen MR) is 86.1 cm³/mol. The molecule has 0 bridgehead atoms. The molecule has 21 heavy (non-hydrogen) atoms. The molecule has 2 aromatic carbocycles. The number of hydrogen-bond acceptors (Lipinski definition) is 2. The Morgan fingerprint density at radius 3 is 2.14 bits per heavy atom. The molecule has 100 valence electrons. The van der Waals surface area contributed by atoms with Crippen molar-refractivity contribution in [2.45, 2.75) is 0 Å². The SMILES string of the molecule is c1ccc(-c2sc3nccc[n+]3c2-c2ccccc2)cc1. The fourth-order valence-corrected chi connectivity index (χ4v) is 3.62. The summed E-state index contributed by atoms with van der Waals surface area (Å²) in [5.41, 5.74) is 3.64. The maximum Gasteiger partial charge on any atom is 0.387 e. The first-order valence-electron chi connectivity index (χ1n) is 6.83. The number of aromatic nitrogens is 2. The van der Waals surface area contributed by atoms with Crippen LogP contribution in [0.15, 0.2) is 79.1 Å². The Labute approximate surface area is 127 Å². The molecule has 0 saturated heterocycles. The Morgan fingerprint density at radius 2 is 1.43 bits per heavy atom. The molecule has 0 spiro atoms. The minimum atomic E-state index is 1.01. The summed E-state index contributed by atoms with van der Waals surface area (Å²) in [5.74, 6) is 0. The molecule has 2 aromatic heterocycles. The Hall–Kier alpha value is -2.52. The maximum atomic E-state index is 4.50. The number of nitrogens with zero attached hydrogens (tertiary/aromatic N) is 2. The van der Waals surface area contributed by atoms with Gasteiger partial charge in [-0.3, -0.25) is 0 Å². The first-order valence-corrected chi connectivity index (χ1v) is 7.65. The van der Waals surface area contributed by atoms with Gasteiger partial charge in [0.2, 0.25) is 0 Å². The minimum Gasteiger partial charge on any atom is -0.185 e. The summed E-state index contributed by atoms with van der Waals surface area (Å²) in [6, 6.07) is 23.0. The smallest absolute Gasteiger partial charge is 0.185 e. The van der Waals surface area contributed by atoms with Gasteiger partial charge in [-0.15, -0.1) is 0 Å². The molecule has 3 heteroatoms. The number of benzene rings is 2. The Bertz CT molecular complexity index is 883. The van der Waals surface area contributed by atoms with Crippen molar-refractivity contribution in [1.82, 2.24) is 4.98 Å². The zero-order valence-electron chi connectivity index (χ0n) is 11.3. The van der Waals surface area contributed by atoms with Gasteiger partial charge in [0.05, 0.1) is 4.88 Å². The van der Waals surface area contributed by atoms with E-state index in [-0.39, 0.29) is 0 Å². The third kappa shape index (κ3) is 2.12. The van der Waals surface area contributed by atoms with Crippen LogP contribution >= 0.6 is 11.3 Å². The largest absolute Gasteiger partial charge is 0.387 e. The quantitative estimate of drug-likeness (QED) is 0.505. The highest BCUT2D eigenvalue weighted by atomic mass is 32.1. The molecule has 0 radical (unpaired) electrons. The van der Waals surface area contributed by atoms with Crippen LogP contribution in [0.4, 0.5) is 0 Å². The molecule has 0 aliphatic rings. The van der Waals surface area contributed by atoms with Crippen molar-refractivity contribution in [3.63, 3.8) is 0 Å². The van der Waals surface area contributed by atoms with Gasteiger partial charge in [-0.25, -0.2) is 0 Å². The van der Waals surface area contributed by atoms with Crippen LogP contribution in [-0.2, 0) is 0 Å². The molecule has 0 amide bonds. The lowest BCUT2D eigenvalue weighted by molar-refractivity contribution is -0.497. The zero-order valence-corrected chi connectivity index (χ0v) is 12.1. The van der Waals surface area contributed by atoms with Crippen LogP contribution in [0.3, 0.4) is 0 Å². The molecule has 0 N–H and O–H groups in total. The van der Waals surface area contributed by atoms with Gasteiger partial charge >= 0.3 is 4.96 Å². The summed E-state index contributed by atoms with van der Waals surface area (Å²) in [6.45, 7) is 0. The normalized spacial score (nSPS) is 10.9. The zero-order chi connectivity index (χ0) is 14.1. The summed E-state index contributed by atoms with van der Waals surface area (Å²) in [4.78, 5) is 6.75. The molecular weight excluding hydrogens is 276 g/mol. The second-order valence-electron chi connectivity index (χ2n) is 4.78. The Kier molecular flexibility index (Phi) is 2.98. The fourth-order valence-electron chi connectivity index (χ4n) is 2.50. The second-order valence-corrected chi connectivity index (χ2v) is 5.76. The third-order valence-electron chi connectivity index (χ3n) is 3.44. The topological polar surface area (TPSA) is 17.0 Å². The predicted octanol–water partition coefficient (Wildman–Crippen LogP) is 4.22. The monoisotopic (exact) mass is 289 g/mol. The fraction of sp³-hybridized carbons (Fsp3) is 0. The second kappa shape index (κ2) is 5.11. The lowest BCUT2D eigenvalue weighted by Crippen LogP contribution is -2.21. The first kappa shape index (κ1) is 12.2. The summed E-state index contributed by atoms with van der Waals surface area (Å²) in [5, 5.41) is 0. The van der Waals surface area contributed by atoms with E-state index in [1.54, 1.807) is 11.3 Å². The van der Waals surface area contributed by atoms with Crippen LogP contribution < -0.4 is 4.40 Å². The number of rotatable bonds is 2.